The third kappa shape index (κ3) is 2.19. The number of aromatic nitrogens is 1. The van der Waals surface area contributed by atoms with E-state index in [1.165, 1.54) is 0 Å². The van der Waals surface area contributed by atoms with Gasteiger partial charge in [-0.05, 0) is 18.1 Å². The molecule has 0 amide bonds. The van der Waals surface area contributed by atoms with Crippen LogP contribution in [0.1, 0.15) is 31.4 Å². The van der Waals surface area contributed by atoms with Crippen LogP contribution in [0.3, 0.4) is 0 Å². The first-order chi connectivity index (χ1) is 5.75. The number of hydrogen-bond acceptors (Lipinski definition) is 2. The van der Waals surface area contributed by atoms with E-state index in [2.05, 4.69) is 11.9 Å². The van der Waals surface area contributed by atoms with Gasteiger partial charge >= 0.3 is 0 Å². The summed E-state index contributed by atoms with van der Waals surface area (Å²) in [5.41, 5.74) is 6.89. The summed E-state index contributed by atoms with van der Waals surface area (Å²) in [6.07, 6.45) is 5.38. The van der Waals surface area contributed by atoms with E-state index < -0.39 is 0 Å². The van der Waals surface area contributed by atoms with Gasteiger partial charge < -0.3 is 5.73 Å². The van der Waals surface area contributed by atoms with Crippen molar-refractivity contribution in [2.75, 3.05) is 0 Å². The van der Waals surface area contributed by atoms with Crippen LogP contribution in [0.5, 0.6) is 0 Å². The summed E-state index contributed by atoms with van der Waals surface area (Å²) in [5, 5.41) is 0.665. The van der Waals surface area contributed by atoms with Crippen molar-refractivity contribution in [2.45, 2.75) is 25.8 Å². The van der Waals surface area contributed by atoms with E-state index in [0.29, 0.717) is 5.02 Å². The Bertz CT molecular complexity index is 250. The van der Waals surface area contributed by atoms with E-state index in [1.807, 2.05) is 6.07 Å². The SMILES string of the molecule is CCC[C@H](N)c1ccncc1Cl. The van der Waals surface area contributed by atoms with Crippen LogP contribution < -0.4 is 5.73 Å². The lowest BCUT2D eigenvalue weighted by Gasteiger charge is -2.11. The zero-order valence-electron chi connectivity index (χ0n) is 7.13. The Morgan fingerprint density at radius 3 is 3.00 bits per heavy atom. The smallest absolute Gasteiger partial charge is 0.0637 e. The van der Waals surface area contributed by atoms with Crippen molar-refractivity contribution in [2.24, 2.45) is 5.73 Å². The highest BCUT2D eigenvalue weighted by Gasteiger charge is 2.07. The van der Waals surface area contributed by atoms with Crippen LogP contribution in [-0.4, -0.2) is 4.98 Å². The highest BCUT2D eigenvalue weighted by molar-refractivity contribution is 6.31. The molecule has 1 atom stereocenters. The van der Waals surface area contributed by atoms with Crippen LogP contribution >= 0.6 is 11.6 Å². The van der Waals surface area contributed by atoms with Gasteiger partial charge in [-0.25, -0.2) is 0 Å². The Kier molecular flexibility index (Phi) is 3.50. The van der Waals surface area contributed by atoms with Crippen LogP contribution in [0.4, 0.5) is 0 Å². The predicted molar refractivity (Wildman–Crippen MR) is 51.1 cm³/mol. The van der Waals surface area contributed by atoms with Gasteiger partial charge in [0.2, 0.25) is 0 Å². The standard InChI is InChI=1S/C9H13ClN2/c1-2-3-9(11)7-4-5-12-6-8(7)10/h4-6,9H,2-3,11H2,1H3/t9-/m0/s1. The second kappa shape index (κ2) is 4.43. The Hall–Kier alpha value is -0.600. The van der Waals surface area contributed by atoms with Crippen molar-refractivity contribution in [1.29, 1.82) is 0 Å². The van der Waals surface area contributed by atoms with Gasteiger partial charge in [0.15, 0.2) is 0 Å². The van der Waals surface area contributed by atoms with E-state index in [0.717, 1.165) is 18.4 Å². The zero-order valence-corrected chi connectivity index (χ0v) is 7.88. The predicted octanol–water partition coefficient (Wildman–Crippen LogP) is 2.53. The molecule has 3 heteroatoms. The van der Waals surface area contributed by atoms with Crippen LogP contribution in [0.25, 0.3) is 0 Å². The van der Waals surface area contributed by atoms with E-state index in [1.54, 1.807) is 12.4 Å². The lowest BCUT2D eigenvalue weighted by atomic mass is 10.1. The number of rotatable bonds is 3. The zero-order chi connectivity index (χ0) is 8.97. The molecule has 0 saturated carbocycles. The summed E-state index contributed by atoms with van der Waals surface area (Å²) in [6, 6.07) is 1.92. The molecule has 2 N–H and O–H groups in total. The Morgan fingerprint density at radius 2 is 2.42 bits per heavy atom. The Balaban J connectivity index is 2.79. The van der Waals surface area contributed by atoms with E-state index in [4.69, 9.17) is 17.3 Å². The molecule has 0 radical (unpaired) electrons. The molecule has 0 spiro atoms. The van der Waals surface area contributed by atoms with Gasteiger partial charge in [0.1, 0.15) is 0 Å². The van der Waals surface area contributed by atoms with Gasteiger partial charge in [0.25, 0.3) is 0 Å². The molecule has 0 fully saturated rings. The molecule has 66 valence electrons. The van der Waals surface area contributed by atoms with Gasteiger partial charge in [0.05, 0.1) is 5.02 Å². The quantitative estimate of drug-likeness (QED) is 0.784. The average Bonchev–Trinajstić information content (AvgIpc) is 2.05. The molecule has 2 nitrogen and oxygen atoms in total. The van der Waals surface area contributed by atoms with Gasteiger partial charge in [0, 0.05) is 18.4 Å². The summed E-state index contributed by atoms with van der Waals surface area (Å²) >= 11 is 5.91. The minimum Gasteiger partial charge on any atom is -0.324 e. The number of nitrogens with two attached hydrogens (primary N) is 1. The molecule has 1 heterocycles. The van der Waals surface area contributed by atoms with Crippen LogP contribution in [-0.2, 0) is 0 Å². The summed E-state index contributed by atoms with van der Waals surface area (Å²) in [5.74, 6) is 0. The van der Waals surface area contributed by atoms with Crippen molar-refractivity contribution >= 4 is 11.6 Å². The molecule has 0 saturated heterocycles. The molecular weight excluding hydrogens is 172 g/mol. The molecule has 1 aromatic heterocycles. The lowest BCUT2D eigenvalue weighted by Crippen LogP contribution is -2.10. The Labute approximate surface area is 77.8 Å². The third-order valence-electron chi connectivity index (χ3n) is 1.80. The van der Waals surface area contributed by atoms with Crippen LogP contribution in [0.2, 0.25) is 5.02 Å². The van der Waals surface area contributed by atoms with Crippen molar-refractivity contribution in [3.05, 3.63) is 29.0 Å². The fourth-order valence-electron chi connectivity index (χ4n) is 1.15. The maximum atomic E-state index is 5.91. The summed E-state index contributed by atoms with van der Waals surface area (Å²) in [7, 11) is 0. The molecule has 0 aromatic carbocycles. The number of hydrogen-bond donors (Lipinski definition) is 1. The second-order valence-electron chi connectivity index (χ2n) is 2.79. The highest BCUT2D eigenvalue weighted by atomic mass is 35.5. The molecule has 12 heavy (non-hydrogen) atoms. The average molecular weight is 185 g/mol. The summed E-state index contributed by atoms with van der Waals surface area (Å²) in [4.78, 5) is 3.90. The molecule has 1 aromatic rings. The van der Waals surface area contributed by atoms with Crippen molar-refractivity contribution in [3.63, 3.8) is 0 Å². The van der Waals surface area contributed by atoms with Crippen LogP contribution in [0, 0.1) is 0 Å². The van der Waals surface area contributed by atoms with Crippen molar-refractivity contribution in [3.8, 4) is 0 Å². The summed E-state index contributed by atoms with van der Waals surface area (Å²) < 4.78 is 0. The van der Waals surface area contributed by atoms with E-state index in [-0.39, 0.29) is 6.04 Å². The minimum atomic E-state index is 0.0468. The van der Waals surface area contributed by atoms with E-state index in [9.17, 15) is 0 Å². The van der Waals surface area contributed by atoms with Gasteiger partial charge in [-0.15, -0.1) is 0 Å². The topological polar surface area (TPSA) is 38.9 Å². The normalized spacial score (nSPS) is 12.9. The fourth-order valence-corrected chi connectivity index (χ4v) is 1.41. The minimum absolute atomic E-state index is 0.0468. The second-order valence-corrected chi connectivity index (χ2v) is 3.20. The lowest BCUT2D eigenvalue weighted by molar-refractivity contribution is 0.638. The first kappa shape index (κ1) is 9.49. The molecule has 0 aliphatic carbocycles. The molecule has 0 bridgehead atoms. The van der Waals surface area contributed by atoms with Gasteiger partial charge in [-0.1, -0.05) is 24.9 Å². The maximum Gasteiger partial charge on any atom is 0.0637 e. The molecular formula is C9H13ClN2. The molecule has 0 unspecified atom stereocenters. The van der Waals surface area contributed by atoms with Gasteiger partial charge in [-0.3, -0.25) is 4.98 Å². The first-order valence-corrected chi connectivity index (χ1v) is 4.48. The number of halogens is 1. The van der Waals surface area contributed by atoms with Crippen molar-refractivity contribution in [1.82, 2.24) is 4.98 Å². The molecule has 1 rings (SSSR count). The van der Waals surface area contributed by atoms with E-state index >= 15 is 0 Å². The fraction of sp³-hybridized carbons (Fsp3) is 0.444. The summed E-state index contributed by atoms with van der Waals surface area (Å²) in [6.45, 7) is 2.11. The molecule has 0 aliphatic rings. The number of nitrogens with zero attached hydrogens (tertiary/aromatic N) is 1. The maximum absolute atomic E-state index is 5.91. The Morgan fingerprint density at radius 1 is 1.67 bits per heavy atom. The molecule has 0 aliphatic heterocycles. The number of pyridine rings is 1. The highest BCUT2D eigenvalue weighted by Crippen LogP contribution is 2.22. The van der Waals surface area contributed by atoms with Crippen molar-refractivity contribution < 1.29 is 0 Å². The third-order valence-corrected chi connectivity index (χ3v) is 2.12. The van der Waals surface area contributed by atoms with Gasteiger partial charge in [-0.2, -0.15) is 0 Å². The monoisotopic (exact) mass is 184 g/mol. The largest absolute Gasteiger partial charge is 0.324 e. The van der Waals surface area contributed by atoms with Crippen LogP contribution in [0.15, 0.2) is 18.5 Å². The first-order valence-electron chi connectivity index (χ1n) is 4.10.